The zero-order valence-corrected chi connectivity index (χ0v) is 18.8. The Kier molecular flexibility index (Phi) is 6.22. The largest absolute Gasteiger partial charge is 0.488 e. The number of hydrogen-bond acceptors (Lipinski definition) is 6. The molecule has 0 bridgehead atoms. The van der Waals surface area contributed by atoms with Gasteiger partial charge in [-0.3, -0.25) is 14.4 Å². The molecule has 0 unspecified atom stereocenters. The van der Waals surface area contributed by atoms with Crippen LogP contribution in [-0.4, -0.2) is 54.5 Å². The maximum Gasteiger partial charge on any atom is 0.315 e. The van der Waals surface area contributed by atoms with Gasteiger partial charge in [0.05, 0.1) is 12.5 Å². The van der Waals surface area contributed by atoms with Crippen LogP contribution >= 0.6 is 0 Å². The molecule has 4 rings (SSSR count). The second-order valence-corrected chi connectivity index (χ2v) is 8.50. The van der Waals surface area contributed by atoms with Crippen molar-refractivity contribution < 1.29 is 28.2 Å². The van der Waals surface area contributed by atoms with Crippen LogP contribution in [0.4, 0.5) is 15.8 Å². The van der Waals surface area contributed by atoms with Gasteiger partial charge in [0.15, 0.2) is 11.6 Å². The van der Waals surface area contributed by atoms with E-state index < -0.39 is 17.6 Å². The van der Waals surface area contributed by atoms with Crippen LogP contribution in [0.5, 0.6) is 11.5 Å². The molecule has 1 atom stereocenters. The van der Waals surface area contributed by atoms with Gasteiger partial charge < -0.3 is 24.6 Å². The molecule has 0 spiro atoms. The summed E-state index contributed by atoms with van der Waals surface area (Å²) in [5.41, 5.74) is 1.82. The van der Waals surface area contributed by atoms with Gasteiger partial charge in [0.2, 0.25) is 0 Å². The van der Waals surface area contributed by atoms with Crippen LogP contribution < -0.4 is 19.7 Å². The molecule has 2 aromatic rings. The van der Waals surface area contributed by atoms with E-state index in [-0.39, 0.29) is 30.3 Å². The van der Waals surface area contributed by atoms with Crippen LogP contribution in [0.15, 0.2) is 36.4 Å². The van der Waals surface area contributed by atoms with E-state index in [4.69, 9.17) is 9.47 Å². The standard InChI is InChI=1S/C24H26FN3O5/c1-14(2)32-20-7-6-18(12-19(20)25)28-9-8-27(13-15(28)3)24(31)23(30)26-17-5-4-16-10-22(29)33-21(16)11-17/h4-7,11-12,14-15H,8-10,13H2,1-3H3,(H,26,30)/t15-/m1/s1. The number of halogens is 1. The van der Waals surface area contributed by atoms with E-state index in [1.165, 1.54) is 17.0 Å². The molecule has 2 aliphatic heterocycles. The van der Waals surface area contributed by atoms with Crippen molar-refractivity contribution in [3.05, 3.63) is 47.8 Å². The molecule has 33 heavy (non-hydrogen) atoms. The Bertz CT molecular complexity index is 1100. The lowest BCUT2D eigenvalue weighted by Gasteiger charge is -2.41. The molecule has 8 nitrogen and oxygen atoms in total. The minimum Gasteiger partial charge on any atom is -0.488 e. The van der Waals surface area contributed by atoms with E-state index in [1.54, 1.807) is 24.3 Å². The van der Waals surface area contributed by atoms with Gasteiger partial charge in [0.25, 0.3) is 0 Å². The Hall–Kier alpha value is -3.62. The SMILES string of the molecule is CC(C)Oc1ccc(N2CCN(C(=O)C(=O)Nc3ccc4c(c3)OC(=O)C4)C[C@H]2C)cc1F. The topological polar surface area (TPSA) is 88.2 Å². The van der Waals surface area contributed by atoms with Crippen LogP contribution in [0.1, 0.15) is 26.3 Å². The van der Waals surface area contributed by atoms with E-state index in [2.05, 4.69) is 5.32 Å². The van der Waals surface area contributed by atoms with E-state index in [0.29, 0.717) is 36.8 Å². The summed E-state index contributed by atoms with van der Waals surface area (Å²) in [5, 5.41) is 2.57. The summed E-state index contributed by atoms with van der Waals surface area (Å²) in [6.45, 7) is 6.69. The van der Waals surface area contributed by atoms with Crippen molar-refractivity contribution in [2.24, 2.45) is 0 Å². The van der Waals surface area contributed by atoms with Crippen LogP contribution in [0, 0.1) is 5.82 Å². The van der Waals surface area contributed by atoms with Gasteiger partial charge in [-0.15, -0.1) is 0 Å². The van der Waals surface area contributed by atoms with E-state index in [1.807, 2.05) is 25.7 Å². The zero-order chi connectivity index (χ0) is 23.7. The Balaban J connectivity index is 1.37. The van der Waals surface area contributed by atoms with Crippen molar-refractivity contribution in [3.8, 4) is 11.5 Å². The molecular weight excluding hydrogens is 429 g/mol. The highest BCUT2D eigenvalue weighted by molar-refractivity contribution is 6.39. The maximum absolute atomic E-state index is 14.4. The minimum atomic E-state index is -0.763. The fraction of sp³-hybridized carbons (Fsp3) is 0.375. The summed E-state index contributed by atoms with van der Waals surface area (Å²) in [6.07, 6.45) is 0.0685. The van der Waals surface area contributed by atoms with Gasteiger partial charge in [0.1, 0.15) is 5.75 Å². The van der Waals surface area contributed by atoms with E-state index in [9.17, 15) is 18.8 Å². The number of piperazine rings is 1. The highest BCUT2D eigenvalue weighted by atomic mass is 19.1. The van der Waals surface area contributed by atoms with E-state index in [0.717, 1.165) is 5.56 Å². The molecule has 0 saturated carbocycles. The molecule has 0 aliphatic carbocycles. The number of amides is 2. The molecule has 2 amide bonds. The first-order valence-corrected chi connectivity index (χ1v) is 10.9. The van der Waals surface area contributed by atoms with Crippen molar-refractivity contribution in [2.45, 2.75) is 39.3 Å². The number of esters is 1. The average Bonchev–Trinajstić information content (AvgIpc) is 3.13. The third-order valence-electron chi connectivity index (χ3n) is 5.60. The van der Waals surface area contributed by atoms with Crippen molar-refractivity contribution in [2.75, 3.05) is 29.9 Å². The van der Waals surface area contributed by atoms with Crippen LogP contribution in [-0.2, 0) is 20.8 Å². The Labute approximate surface area is 191 Å². The second kappa shape index (κ2) is 9.09. The highest BCUT2D eigenvalue weighted by Crippen LogP contribution is 2.29. The van der Waals surface area contributed by atoms with Crippen LogP contribution in [0.2, 0.25) is 0 Å². The van der Waals surface area contributed by atoms with Crippen molar-refractivity contribution >= 4 is 29.2 Å². The highest BCUT2D eigenvalue weighted by Gasteiger charge is 2.31. The molecule has 1 N–H and O–H groups in total. The monoisotopic (exact) mass is 455 g/mol. The predicted molar refractivity (Wildman–Crippen MR) is 120 cm³/mol. The van der Waals surface area contributed by atoms with Crippen molar-refractivity contribution in [3.63, 3.8) is 0 Å². The molecule has 174 valence electrons. The van der Waals surface area contributed by atoms with E-state index >= 15 is 0 Å². The number of nitrogens with one attached hydrogen (secondary N) is 1. The number of carbonyl (C=O) groups is 3. The molecule has 2 aromatic carbocycles. The molecule has 0 radical (unpaired) electrons. The van der Waals surface area contributed by atoms with Crippen LogP contribution in [0.3, 0.4) is 0 Å². The smallest absolute Gasteiger partial charge is 0.315 e. The summed E-state index contributed by atoms with van der Waals surface area (Å²) < 4.78 is 25.0. The minimum absolute atomic E-state index is 0.119. The Morgan fingerprint density at radius 3 is 2.67 bits per heavy atom. The average molecular weight is 455 g/mol. The first kappa shape index (κ1) is 22.6. The first-order chi connectivity index (χ1) is 15.7. The number of ether oxygens (including phenoxy) is 2. The summed E-state index contributed by atoms with van der Waals surface area (Å²) in [4.78, 5) is 40.1. The molecule has 1 fully saturated rings. The molecule has 2 aliphatic rings. The van der Waals surface area contributed by atoms with Crippen LogP contribution in [0.25, 0.3) is 0 Å². The molecule has 0 aromatic heterocycles. The first-order valence-electron chi connectivity index (χ1n) is 10.9. The second-order valence-electron chi connectivity index (χ2n) is 8.50. The number of nitrogens with zero attached hydrogens (tertiary/aromatic N) is 2. The number of carbonyl (C=O) groups excluding carboxylic acids is 3. The number of rotatable bonds is 4. The Morgan fingerprint density at radius 1 is 1.18 bits per heavy atom. The third-order valence-corrected chi connectivity index (χ3v) is 5.60. The van der Waals surface area contributed by atoms with Gasteiger partial charge in [0, 0.05) is 54.7 Å². The maximum atomic E-state index is 14.4. The lowest BCUT2D eigenvalue weighted by atomic mass is 10.1. The fourth-order valence-corrected chi connectivity index (χ4v) is 4.06. The number of anilines is 2. The van der Waals surface area contributed by atoms with Gasteiger partial charge in [-0.1, -0.05) is 6.07 Å². The predicted octanol–water partition coefficient (Wildman–Crippen LogP) is 2.75. The molecule has 9 heteroatoms. The molecular formula is C24H26FN3O5. The normalized spacial score (nSPS) is 17.6. The summed E-state index contributed by atoms with van der Waals surface area (Å²) in [6, 6.07) is 9.57. The number of hydrogen-bond donors (Lipinski definition) is 1. The summed E-state index contributed by atoms with van der Waals surface area (Å²) >= 11 is 0. The zero-order valence-electron chi connectivity index (χ0n) is 18.8. The van der Waals surface area contributed by atoms with Gasteiger partial charge >= 0.3 is 17.8 Å². The lowest BCUT2D eigenvalue weighted by Crippen LogP contribution is -2.55. The number of fused-ring (bicyclic) bond motifs is 1. The molecule has 1 saturated heterocycles. The third kappa shape index (κ3) is 4.92. The van der Waals surface area contributed by atoms with Gasteiger partial charge in [-0.2, -0.15) is 0 Å². The Morgan fingerprint density at radius 2 is 1.97 bits per heavy atom. The van der Waals surface area contributed by atoms with Gasteiger partial charge in [-0.25, -0.2) is 4.39 Å². The fourth-order valence-electron chi connectivity index (χ4n) is 4.06. The summed E-state index contributed by atoms with van der Waals surface area (Å²) in [7, 11) is 0. The number of benzene rings is 2. The van der Waals surface area contributed by atoms with Crippen molar-refractivity contribution in [1.29, 1.82) is 0 Å². The van der Waals surface area contributed by atoms with Crippen molar-refractivity contribution in [1.82, 2.24) is 4.90 Å². The summed E-state index contributed by atoms with van der Waals surface area (Å²) in [5.74, 6) is -1.60. The lowest BCUT2D eigenvalue weighted by molar-refractivity contribution is -0.143. The molecule has 2 heterocycles. The van der Waals surface area contributed by atoms with Gasteiger partial charge in [-0.05, 0) is 39.0 Å². The quantitative estimate of drug-likeness (QED) is 0.433.